The number of morpholine rings is 1. The van der Waals surface area contributed by atoms with Gasteiger partial charge in [0.1, 0.15) is 0 Å². The summed E-state index contributed by atoms with van der Waals surface area (Å²) in [5.74, 6) is -0.0952. The normalized spacial score (nSPS) is 16.6. The van der Waals surface area contributed by atoms with Gasteiger partial charge < -0.3 is 10.1 Å². The molecule has 92 valence electrons. The first-order valence-corrected chi connectivity index (χ1v) is 5.76. The first-order chi connectivity index (χ1) is 7.72. The maximum absolute atomic E-state index is 11.5. The lowest BCUT2D eigenvalue weighted by Crippen LogP contribution is -2.51. The smallest absolute Gasteiger partial charge is 0.252 e. The zero-order valence-corrected chi connectivity index (χ0v) is 10.2. The van der Waals surface area contributed by atoms with E-state index in [1.807, 2.05) is 11.8 Å². The predicted molar refractivity (Wildman–Crippen MR) is 64.8 cm³/mol. The van der Waals surface area contributed by atoms with Crippen LogP contribution in [0, 0.1) is 0 Å². The molecule has 0 unspecified atom stereocenters. The van der Waals surface area contributed by atoms with Crippen molar-refractivity contribution in [3.05, 3.63) is 0 Å². The van der Waals surface area contributed by atoms with E-state index >= 15 is 0 Å². The Labute approximate surface area is 101 Å². The number of thiocarbonyl (C=S) groups is 1. The summed E-state index contributed by atoms with van der Waals surface area (Å²) in [4.78, 5) is 13.5. The number of carbonyl (C=O) groups is 1. The van der Waals surface area contributed by atoms with Crippen molar-refractivity contribution in [2.75, 3.05) is 39.4 Å². The number of carbonyl (C=O) groups excluding carboxylic acids is 1. The van der Waals surface area contributed by atoms with Crippen LogP contribution in [0.15, 0.2) is 0 Å². The number of ether oxygens (including phenoxy) is 1. The van der Waals surface area contributed by atoms with Crippen molar-refractivity contribution in [1.29, 1.82) is 0 Å². The lowest BCUT2D eigenvalue weighted by atomic mass is 10.4. The molecule has 16 heavy (non-hydrogen) atoms. The third-order valence-electron chi connectivity index (χ3n) is 2.12. The molecule has 0 atom stereocenters. The fraction of sp³-hybridized carbons (Fsp3) is 0.778. The molecule has 0 bridgehead atoms. The number of nitrogens with zero attached hydrogens (tertiary/aromatic N) is 1. The minimum Gasteiger partial charge on any atom is -0.379 e. The zero-order valence-electron chi connectivity index (χ0n) is 9.41. The molecule has 0 aromatic heterocycles. The number of hydrazine groups is 1. The summed E-state index contributed by atoms with van der Waals surface area (Å²) in [7, 11) is 0. The Hall–Kier alpha value is -0.920. The largest absolute Gasteiger partial charge is 0.379 e. The van der Waals surface area contributed by atoms with E-state index in [1.165, 1.54) is 0 Å². The molecule has 1 rings (SSSR count). The van der Waals surface area contributed by atoms with Gasteiger partial charge in [0, 0.05) is 19.6 Å². The maximum Gasteiger partial charge on any atom is 0.252 e. The highest BCUT2D eigenvalue weighted by Gasteiger charge is 2.13. The lowest BCUT2D eigenvalue weighted by molar-refractivity contribution is -0.123. The molecule has 1 saturated heterocycles. The van der Waals surface area contributed by atoms with Crippen LogP contribution in [0.3, 0.4) is 0 Å². The summed E-state index contributed by atoms with van der Waals surface area (Å²) in [5.41, 5.74) is 5.18. The number of hydrogen-bond donors (Lipinski definition) is 3. The van der Waals surface area contributed by atoms with Gasteiger partial charge >= 0.3 is 0 Å². The zero-order chi connectivity index (χ0) is 11.8. The van der Waals surface area contributed by atoms with Gasteiger partial charge in [-0.2, -0.15) is 0 Å². The van der Waals surface area contributed by atoms with Crippen LogP contribution >= 0.6 is 12.2 Å². The van der Waals surface area contributed by atoms with Crippen molar-refractivity contribution in [1.82, 2.24) is 21.1 Å². The topological polar surface area (TPSA) is 65.6 Å². The van der Waals surface area contributed by atoms with Crippen LogP contribution in [0.25, 0.3) is 0 Å². The van der Waals surface area contributed by atoms with E-state index in [0.717, 1.165) is 19.6 Å². The van der Waals surface area contributed by atoms with Gasteiger partial charge in [0.05, 0.1) is 19.8 Å². The fourth-order valence-corrected chi connectivity index (χ4v) is 1.53. The van der Waals surface area contributed by atoms with Gasteiger partial charge in [0.25, 0.3) is 5.91 Å². The Morgan fingerprint density at radius 2 is 2.06 bits per heavy atom. The molecule has 3 N–H and O–H groups in total. The standard InChI is InChI=1S/C9H18N4O2S/c1-2-10-9(16)12-11-8(14)7-13-3-5-15-6-4-13/h2-7H2,1H3,(H,11,14)(H2,10,12,16). The van der Waals surface area contributed by atoms with Gasteiger partial charge in [0.2, 0.25) is 0 Å². The quantitative estimate of drug-likeness (QED) is 0.431. The molecule has 1 amide bonds. The van der Waals surface area contributed by atoms with Crippen LogP contribution in [0.4, 0.5) is 0 Å². The van der Waals surface area contributed by atoms with E-state index in [0.29, 0.717) is 24.9 Å². The molecule has 7 heteroatoms. The predicted octanol–water partition coefficient (Wildman–Crippen LogP) is -1.17. The molecule has 1 aliphatic heterocycles. The fourth-order valence-electron chi connectivity index (χ4n) is 1.33. The minimum atomic E-state index is -0.0952. The van der Waals surface area contributed by atoms with Crippen molar-refractivity contribution < 1.29 is 9.53 Å². The summed E-state index contributed by atoms with van der Waals surface area (Å²) < 4.78 is 5.19. The molecule has 6 nitrogen and oxygen atoms in total. The Morgan fingerprint density at radius 3 is 2.69 bits per heavy atom. The van der Waals surface area contributed by atoms with Crippen molar-refractivity contribution in [3.63, 3.8) is 0 Å². The van der Waals surface area contributed by atoms with Crippen LogP contribution in [0.1, 0.15) is 6.92 Å². The molecular formula is C9H18N4O2S. The molecule has 0 spiro atoms. The first-order valence-electron chi connectivity index (χ1n) is 5.35. The lowest BCUT2D eigenvalue weighted by Gasteiger charge is -2.25. The number of rotatable bonds is 3. The van der Waals surface area contributed by atoms with Gasteiger partial charge in [0.15, 0.2) is 5.11 Å². The Bertz CT molecular complexity index is 244. The molecule has 0 radical (unpaired) electrons. The van der Waals surface area contributed by atoms with Gasteiger partial charge in [-0.15, -0.1) is 0 Å². The van der Waals surface area contributed by atoms with E-state index < -0.39 is 0 Å². The first kappa shape index (κ1) is 13.1. The Kier molecular flexibility index (Phi) is 6.05. The average Bonchev–Trinajstić information content (AvgIpc) is 2.28. The highest BCUT2D eigenvalue weighted by Crippen LogP contribution is 1.94. The molecule has 0 aromatic rings. The van der Waals surface area contributed by atoms with Crippen LogP contribution < -0.4 is 16.2 Å². The van der Waals surface area contributed by atoms with E-state index in [4.69, 9.17) is 17.0 Å². The van der Waals surface area contributed by atoms with Crippen LogP contribution in [0.5, 0.6) is 0 Å². The number of nitrogens with one attached hydrogen (secondary N) is 3. The summed E-state index contributed by atoms with van der Waals surface area (Å²) in [6.07, 6.45) is 0. The number of hydrogen-bond acceptors (Lipinski definition) is 4. The van der Waals surface area contributed by atoms with Crippen molar-refractivity contribution in [2.24, 2.45) is 0 Å². The molecular weight excluding hydrogens is 228 g/mol. The molecule has 0 saturated carbocycles. The summed E-state index contributed by atoms with van der Waals surface area (Å²) >= 11 is 4.91. The third kappa shape index (κ3) is 5.24. The van der Waals surface area contributed by atoms with Gasteiger partial charge in [-0.05, 0) is 19.1 Å². The van der Waals surface area contributed by atoms with Crippen LogP contribution in [0.2, 0.25) is 0 Å². The second-order valence-corrected chi connectivity index (χ2v) is 3.83. The summed E-state index contributed by atoms with van der Waals surface area (Å²) in [6, 6.07) is 0. The Balaban J connectivity index is 2.12. The minimum absolute atomic E-state index is 0.0952. The highest BCUT2D eigenvalue weighted by molar-refractivity contribution is 7.80. The van der Waals surface area contributed by atoms with E-state index in [-0.39, 0.29) is 5.91 Å². The van der Waals surface area contributed by atoms with Crippen molar-refractivity contribution >= 4 is 23.2 Å². The second-order valence-electron chi connectivity index (χ2n) is 3.42. The molecule has 1 fully saturated rings. The average molecular weight is 246 g/mol. The van der Waals surface area contributed by atoms with Crippen molar-refractivity contribution in [2.45, 2.75) is 6.92 Å². The maximum atomic E-state index is 11.5. The van der Waals surface area contributed by atoms with Gasteiger partial charge in [-0.1, -0.05) is 0 Å². The van der Waals surface area contributed by atoms with E-state index in [1.54, 1.807) is 0 Å². The number of amides is 1. The van der Waals surface area contributed by atoms with E-state index in [9.17, 15) is 4.79 Å². The monoisotopic (exact) mass is 246 g/mol. The summed E-state index contributed by atoms with van der Waals surface area (Å²) in [5, 5.41) is 3.31. The molecule has 1 aliphatic rings. The Morgan fingerprint density at radius 1 is 1.38 bits per heavy atom. The third-order valence-corrected chi connectivity index (χ3v) is 2.37. The van der Waals surface area contributed by atoms with Crippen LogP contribution in [-0.4, -0.2) is 55.3 Å². The highest BCUT2D eigenvalue weighted by atomic mass is 32.1. The summed E-state index contributed by atoms with van der Waals surface area (Å²) in [6.45, 7) is 6.00. The molecule has 0 aliphatic carbocycles. The molecule has 0 aromatic carbocycles. The SMILES string of the molecule is CCNC(=S)NNC(=O)CN1CCOCC1. The van der Waals surface area contributed by atoms with E-state index in [2.05, 4.69) is 16.2 Å². The van der Waals surface area contributed by atoms with Gasteiger partial charge in [-0.25, -0.2) is 0 Å². The van der Waals surface area contributed by atoms with Gasteiger partial charge in [-0.3, -0.25) is 20.5 Å². The van der Waals surface area contributed by atoms with Crippen LogP contribution in [-0.2, 0) is 9.53 Å². The van der Waals surface area contributed by atoms with Crippen molar-refractivity contribution in [3.8, 4) is 0 Å². The molecule has 1 heterocycles. The second kappa shape index (κ2) is 7.37.